The Hall–Kier alpha value is -0.830. The number of halogens is 1. The highest BCUT2D eigenvalue weighted by Crippen LogP contribution is 2.20. The van der Waals surface area contributed by atoms with Gasteiger partial charge in [-0.1, -0.05) is 19.1 Å². The number of hydrogen-bond acceptors (Lipinski definition) is 2. The highest BCUT2D eigenvalue weighted by Gasteiger charge is 2.12. The summed E-state index contributed by atoms with van der Waals surface area (Å²) < 4.78 is 5.47. The molecular formula is C10H11BrO2. The topological polar surface area (TPSA) is 30.2 Å². The molecule has 0 radical (unpaired) electrons. The second kappa shape index (κ2) is 4.42. The molecule has 1 heterocycles. The molecule has 0 aliphatic carbocycles. The van der Waals surface area contributed by atoms with Crippen molar-refractivity contribution in [3.05, 3.63) is 34.7 Å². The molecule has 0 bridgehead atoms. The summed E-state index contributed by atoms with van der Waals surface area (Å²) >= 11 is 3.16. The van der Waals surface area contributed by atoms with E-state index < -0.39 is 0 Å². The third kappa shape index (κ3) is 2.56. The van der Waals surface area contributed by atoms with Crippen molar-refractivity contribution in [1.82, 2.24) is 0 Å². The summed E-state index contributed by atoms with van der Waals surface area (Å²) in [5, 5.41) is 0. The molecule has 13 heavy (non-hydrogen) atoms. The van der Waals surface area contributed by atoms with Gasteiger partial charge in [-0.3, -0.25) is 4.79 Å². The van der Waals surface area contributed by atoms with Crippen molar-refractivity contribution in [3.63, 3.8) is 0 Å². The van der Waals surface area contributed by atoms with Gasteiger partial charge in [0.2, 0.25) is 0 Å². The van der Waals surface area contributed by atoms with Gasteiger partial charge in [-0.15, -0.1) is 0 Å². The molecule has 1 aromatic heterocycles. The van der Waals surface area contributed by atoms with Crippen LogP contribution in [-0.4, -0.2) is 5.78 Å². The second-order valence-corrected chi connectivity index (χ2v) is 3.53. The smallest absolute Gasteiger partial charge is 0.179 e. The average Bonchev–Trinajstić information content (AvgIpc) is 2.51. The first-order chi connectivity index (χ1) is 6.15. The summed E-state index contributed by atoms with van der Waals surface area (Å²) in [7, 11) is 0. The Kier molecular flexibility index (Phi) is 3.48. The molecule has 0 aliphatic heterocycles. The quantitative estimate of drug-likeness (QED) is 0.597. The lowest BCUT2D eigenvalue weighted by molar-refractivity contribution is 0.0990. The van der Waals surface area contributed by atoms with Crippen molar-refractivity contribution >= 4 is 21.7 Å². The SMILES string of the molecule is C=C(CC)CC(=O)c1ccoc1Br. The van der Waals surface area contributed by atoms with E-state index in [1.165, 1.54) is 6.26 Å². The summed E-state index contributed by atoms with van der Waals surface area (Å²) in [5.74, 6) is 0.0486. The van der Waals surface area contributed by atoms with Crippen molar-refractivity contribution < 1.29 is 9.21 Å². The number of furan rings is 1. The Morgan fingerprint density at radius 1 is 1.69 bits per heavy atom. The Bertz CT molecular complexity index is 325. The molecule has 70 valence electrons. The highest BCUT2D eigenvalue weighted by molar-refractivity contribution is 9.10. The van der Waals surface area contributed by atoms with Crippen molar-refractivity contribution in [1.29, 1.82) is 0 Å². The van der Waals surface area contributed by atoms with Crippen LogP contribution in [0.4, 0.5) is 0 Å². The van der Waals surface area contributed by atoms with Gasteiger partial charge < -0.3 is 4.42 Å². The Balaban J connectivity index is 2.69. The average molecular weight is 243 g/mol. The molecule has 0 saturated heterocycles. The van der Waals surface area contributed by atoms with Crippen molar-refractivity contribution in [3.8, 4) is 0 Å². The lowest BCUT2D eigenvalue weighted by Gasteiger charge is -1.99. The van der Waals surface area contributed by atoms with Crippen LogP contribution < -0.4 is 0 Å². The molecule has 1 aromatic rings. The zero-order valence-corrected chi connectivity index (χ0v) is 9.06. The number of carbonyl (C=O) groups is 1. The lowest BCUT2D eigenvalue weighted by Crippen LogP contribution is -1.98. The standard InChI is InChI=1S/C10H11BrO2/c1-3-7(2)6-9(12)8-4-5-13-10(8)11/h4-5H,2-3,6H2,1H3. The minimum Gasteiger partial charge on any atom is -0.457 e. The largest absolute Gasteiger partial charge is 0.457 e. The van der Waals surface area contributed by atoms with Crippen LogP contribution in [0.25, 0.3) is 0 Å². The van der Waals surface area contributed by atoms with E-state index in [0.717, 1.165) is 12.0 Å². The van der Waals surface area contributed by atoms with Crippen LogP contribution in [0, 0.1) is 0 Å². The molecule has 0 aliphatic rings. The predicted molar refractivity (Wildman–Crippen MR) is 54.8 cm³/mol. The number of Topliss-reactive ketones (excluding diaryl/α,β-unsaturated/α-hetero) is 1. The van der Waals surface area contributed by atoms with Crippen LogP contribution in [-0.2, 0) is 0 Å². The summed E-state index contributed by atoms with van der Waals surface area (Å²) in [5.41, 5.74) is 1.53. The Morgan fingerprint density at radius 2 is 2.38 bits per heavy atom. The monoisotopic (exact) mass is 242 g/mol. The third-order valence-electron chi connectivity index (χ3n) is 1.83. The fraction of sp³-hybridized carbons (Fsp3) is 0.300. The first-order valence-corrected chi connectivity index (χ1v) is 4.87. The Labute approximate surface area is 85.8 Å². The molecule has 0 saturated carbocycles. The van der Waals surface area contributed by atoms with Gasteiger partial charge in [0.25, 0.3) is 0 Å². The van der Waals surface area contributed by atoms with Crippen LogP contribution in [0.5, 0.6) is 0 Å². The molecule has 3 heteroatoms. The molecule has 0 aromatic carbocycles. The van der Waals surface area contributed by atoms with E-state index in [1.54, 1.807) is 6.07 Å². The summed E-state index contributed by atoms with van der Waals surface area (Å²) in [4.78, 5) is 11.5. The Morgan fingerprint density at radius 3 is 2.85 bits per heavy atom. The van der Waals surface area contributed by atoms with E-state index in [-0.39, 0.29) is 5.78 Å². The minimum absolute atomic E-state index is 0.0486. The van der Waals surface area contributed by atoms with Gasteiger partial charge >= 0.3 is 0 Å². The molecule has 0 atom stereocenters. The van der Waals surface area contributed by atoms with Crippen LogP contribution >= 0.6 is 15.9 Å². The molecule has 0 amide bonds. The predicted octanol–water partition coefficient (Wildman–Crippen LogP) is 3.58. The molecule has 1 rings (SSSR count). The van der Waals surface area contributed by atoms with Gasteiger partial charge in [0.1, 0.15) is 0 Å². The number of carbonyl (C=O) groups excluding carboxylic acids is 1. The van der Waals surface area contributed by atoms with Crippen molar-refractivity contribution in [2.75, 3.05) is 0 Å². The van der Waals surface area contributed by atoms with Crippen LogP contribution in [0.1, 0.15) is 30.1 Å². The number of rotatable bonds is 4. The summed E-state index contributed by atoms with van der Waals surface area (Å²) in [6.07, 6.45) is 2.72. The number of hydrogen-bond donors (Lipinski definition) is 0. The number of allylic oxidation sites excluding steroid dienone is 1. The molecule has 0 fully saturated rings. The molecular weight excluding hydrogens is 232 g/mol. The van der Waals surface area contributed by atoms with E-state index in [2.05, 4.69) is 22.5 Å². The molecule has 2 nitrogen and oxygen atoms in total. The summed E-state index contributed by atoms with van der Waals surface area (Å²) in [6.45, 7) is 5.77. The first-order valence-electron chi connectivity index (χ1n) is 4.08. The molecule has 0 N–H and O–H groups in total. The fourth-order valence-electron chi connectivity index (χ4n) is 0.941. The zero-order valence-electron chi connectivity index (χ0n) is 7.47. The first kappa shape index (κ1) is 10.3. The maximum atomic E-state index is 11.5. The minimum atomic E-state index is 0.0486. The van der Waals surface area contributed by atoms with E-state index in [0.29, 0.717) is 16.7 Å². The summed E-state index contributed by atoms with van der Waals surface area (Å²) in [6, 6.07) is 1.66. The lowest BCUT2D eigenvalue weighted by atomic mass is 10.1. The van der Waals surface area contributed by atoms with E-state index in [9.17, 15) is 4.79 Å². The highest BCUT2D eigenvalue weighted by atomic mass is 79.9. The maximum Gasteiger partial charge on any atom is 0.179 e. The van der Waals surface area contributed by atoms with Gasteiger partial charge in [0.05, 0.1) is 11.8 Å². The van der Waals surface area contributed by atoms with Crippen molar-refractivity contribution in [2.45, 2.75) is 19.8 Å². The van der Waals surface area contributed by atoms with Gasteiger partial charge in [-0.2, -0.15) is 0 Å². The van der Waals surface area contributed by atoms with E-state index in [4.69, 9.17) is 4.42 Å². The fourth-order valence-corrected chi connectivity index (χ4v) is 1.40. The second-order valence-electron chi connectivity index (χ2n) is 2.81. The normalized spacial score (nSPS) is 10.0. The number of ketones is 1. The third-order valence-corrected chi connectivity index (χ3v) is 2.44. The van der Waals surface area contributed by atoms with Gasteiger partial charge in [0, 0.05) is 6.42 Å². The van der Waals surface area contributed by atoms with Crippen LogP contribution in [0.15, 0.2) is 33.6 Å². The van der Waals surface area contributed by atoms with Gasteiger partial charge in [0.15, 0.2) is 10.5 Å². The van der Waals surface area contributed by atoms with Crippen molar-refractivity contribution in [2.24, 2.45) is 0 Å². The van der Waals surface area contributed by atoms with E-state index >= 15 is 0 Å². The maximum absolute atomic E-state index is 11.5. The van der Waals surface area contributed by atoms with Gasteiger partial charge in [-0.25, -0.2) is 0 Å². The van der Waals surface area contributed by atoms with Gasteiger partial charge in [-0.05, 0) is 28.4 Å². The molecule has 0 spiro atoms. The molecule has 0 unspecified atom stereocenters. The van der Waals surface area contributed by atoms with Crippen LogP contribution in [0.3, 0.4) is 0 Å². The zero-order chi connectivity index (χ0) is 9.84. The van der Waals surface area contributed by atoms with Crippen LogP contribution in [0.2, 0.25) is 0 Å². The van der Waals surface area contributed by atoms with E-state index in [1.807, 2.05) is 6.92 Å².